The van der Waals surface area contributed by atoms with Crippen LogP contribution in [0, 0.1) is 0 Å². The smallest absolute Gasteiger partial charge is 0.162 e. The molecule has 0 radical (unpaired) electrons. The first-order chi connectivity index (χ1) is 3.18. The Labute approximate surface area is 42.5 Å². The molecule has 1 atom stereocenters. The zero-order valence-corrected chi connectivity index (χ0v) is 4.22. The van der Waals surface area contributed by atoms with Gasteiger partial charge >= 0.3 is 0 Å². The van der Waals surface area contributed by atoms with Crippen LogP contribution in [0.25, 0.3) is 0 Å². The van der Waals surface area contributed by atoms with Crippen molar-refractivity contribution < 1.29 is 9.90 Å². The molecule has 0 saturated heterocycles. The van der Waals surface area contributed by atoms with Crippen LogP contribution in [-0.4, -0.2) is 17.0 Å². The minimum Gasteiger partial charge on any atom is -0.381 e. The number of aliphatic hydroxyl groups is 1. The highest BCUT2D eigenvalue weighted by Gasteiger charge is 2.00. The summed E-state index contributed by atoms with van der Waals surface area (Å²) >= 11 is 0. The first kappa shape index (κ1) is 6.37. The third-order valence-corrected chi connectivity index (χ3v) is 0.640. The summed E-state index contributed by atoms with van der Waals surface area (Å²) in [4.78, 5) is 10.1. The van der Waals surface area contributed by atoms with E-state index in [-0.39, 0.29) is 5.78 Å². The summed E-state index contributed by atoms with van der Waals surface area (Å²) < 4.78 is 0. The van der Waals surface area contributed by atoms with Crippen molar-refractivity contribution in [3.8, 4) is 0 Å². The van der Waals surface area contributed by atoms with Gasteiger partial charge in [-0.1, -0.05) is 6.08 Å². The van der Waals surface area contributed by atoms with Gasteiger partial charge in [-0.25, -0.2) is 0 Å². The molecule has 0 unspecified atom stereocenters. The third-order valence-electron chi connectivity index (χ3n) is 0.640. The van der Waals surface area contributed by atoms with E-state index in [4.69, 9.17) is 5.11 Å². The van der Waals surface area contributed by atoms with Gasteiger partial charge in [-0.15, -0.1) is 6.58 Å². The molecule has 0 aromatic rings. The van der Waals surface area contributed by atoms with Crippen molar-refractivity contribution in [2.24, 2.45) is 0 Å². The quantitative estimate of drug-likeness (QED) is 0.500. The van der Waals surface area contributed by atoms with E-state index in [0.29, 0.717) is 0 Å². The Morgan fingerprint density at radius 3 is 2.43 bits per heavy atom. The molecule has 0 aliphatic carbocycles. The predicted octanol–water partition coefficient (Wildman–Crippen LogP) is 0.122. The lowest BCUT2D eigenvalue weighted by molar-refractivity contribution is -0.122. The summed E-state index contributed by atoms with van der Waals surface area (Å²) in [6.45, 7) is 4.52. The lowest BCUT2D eigenvalue weighted by atomic mass is 10.3. The van der Waals surface area contributed by atoms with Crippen LogP contribution in [0.2, 0.25) is 0 Å². The molecule has 2 nitrogen and oxygen atoms in total. The Kier molecular flexibility index (Phi) is 2.30. The van der Waals surface area contributed by atoms with Gasteiger partial charge in [0, 0.05) is 0 Å². The summed E-state index contributed by atoms with van der Waals surface area (Å²) in [7, 11) is 0. The van der Waals surface area contributed by atoms with Crippen LogP contribution in [0.15, 0.2) is 12.7 Å². The molecule has 0 aromatic carbocycles. The molecule has 0 aliphatic rings. The van der Waals surface area contributed by atoms with E-state index in [1.54, 1.807) is 0 Å². The van der Waals surface area contributed by atoms with Gasteiger partial charge in [0.05, 0.1) is 0 Å². The van der Waals surface area contributed by atoms with Crippen LogP contribution in [0.5, 0.6) is 0 Å². The number of hydrogen-bond donors (Lipinski definition) is 1. The van der Waals surface area contributed by atoms with E-state index in [2.05, 4.69) is 6.58 Å². The highest BCUT2D eigenvalue weighted by molar-refractivity contribution is 5.81. The van der Waals surface area contributed by atoms with E-state index in [1.807, 2.05) is 0 Å². The molecule has 40 valence electrons. The summed E-state index contributed by atoms with van der Waals surface area (Å²) in [6.07, 6.45) is 0.225. The molecule has 1 N–H and O–H groups in total. The topological polar surface area (TPSA) is 37.3 Å². The van der Waals surface area contributed by atoms with E-state index >= 15 is 0 Å². The fourth-order valence-electron chi connectivity index (χ4n) is 0.166. The van der Waals surface area contributed by atoms with Gasteiger partial charge in [0.25, 0.3) is 0 Å². The Hall–Kier alpha value is -0.630. The normalized spacial score (nSPS) is 12.9. The van der Waals surface area contributed by atoms with Crippen molar-refractivity contribution in [1.29, 1.82) is 0 Å². The van der Waals surface area contributed by atoms with Crippen molar-refractivity contribution in [2.75, 3.05) is 0 Å². The molecule has 0 aliphatic heterocycles. The molecule has 0 saturated carbocycles. The summed E-state index contributed by atoms with van der Waals surface area (Å²) in [6, 6.07) is 0. The molecule has 0 rings (SSSR count). The molecular weight excluding hydrogens is 92.1 g/mol. The summed E-state index contributed by atoms with van der Waals surface area (Å²) in [5, 5.41) is 8.47. The van der Waals surface area contributed by atoms with Gasteiger partial charge in [0.2, 0.25) is 0 Å². The van der Waals surface area contributed by atoms with Crippen molar-refractivity contribution >= 4 is 5.78 Å². The second kappa shape index (κ2) is 2.53. The van der Waals surface area contributed by atoms with Crippen LogP contribution in [0.1, 0.15) is 6.92 Å². The number of ketones is 1. The highest BCUT2D eigenvalue weighted by atomic mass is 16.3. The fourth-order valence-corrected chi connectivity index (χ4v) is 0.166. The Morgan fingerprint density at radius 2 is 2.43 bits per heavy atom. The van der Waals surface area contributed by atoms with Gasteiger partial charge in [-0.05, 0) is 6.92 Å². The summed E-state index contributed by atoms with van der Waals surface area (Å²) in [5.74, 6) is -0.269. The average molecular weight is 100 g/mol. The molecule has 0 aromatic heterocycles. The van der Waals surface area contributed by atoms with Gasteiger partial charge < -0.3 is 5.11 Å². The van der Waals surface area contributed by atoms with Crippen molar-refractivity contribution in [2.45, 2.75) is 13.0 Å². The number of Topliss-reactive ketones (excluding diaryl/α,β-unsaturated/α-hetero) is 1. The lowest BCUT2D eigenvalue weighted by Gasteiger charge is -1.93. The van der Waals surface area contributed by atoms with E-state index in [0.717, 1.165) is 0 Å². The zero-order valence-electron chi connectivity index (χ0n) is 4.22. The maximum absolute atomic E-state index is 10.1. The predicted molar refractivity (Wildman–Crippen MR) is 26.9 cm³/mol. The molecule has 0 fully saturated rings. The van der Waals surface area contributed by atoms with Gasteiger partial charge in [0.1, 0.15) is 6.10 Å². The second-order valence-corrected chi connectivity index (χ2v) is 1.29. The largest absolute Gasteiger partial charge is 0.381 e. The number of carbonyl (C=O) groups excluding carboxylic acids is 1. The number of rotatable bonds is 2. The van der Waals surface area contributed by atoms with Crippen LogP contribution in [0.3, 0.4) is 0 Å². The van der Waals surface area contributed by atoms with Crippen LogP contribution < -0.4 is 0 Å². The van der Waals surface area contributed by atoms with Crippen molar-refractivity contribution in [1.82, 2.24) is 0 Å². The molecule has 0 amide bonds. The van der Waals surface area contributed by atoms with Crippen LogP contribution in [-0.2, 0) is 4.79 Å². The average Bonchev–Trinajstić information content (AvgIpc) is 1.65. The number of hydrogen-bond acceptors (Lipinski definition) is 2. The highest BCUT2D eigenvalue weighted by Crippen LogP contribution is 1.82. The van der Waals surface area contributed by atoms with Crippen LogP contribution in [0.4, 0.5) is 0 Å². The van der Waals surface area contributed by atoms with Crippen LogP contribution >= 0.6 is 0 Å². The van der Waals surface area contributed by atoms with Crippen molar-refractivity contribution in [3.05, 3.63) is 12.7 Å². The van der Waals surface area contributed by atoms with Gasteiger partial charge in [-0.3, -0.25) is 4.79 Å². The fraction of sp³-hybridized carbons (Fsp3) is 0.400. The molecular formula is C5H8O2. The Bertz CT molecular complexity index is 86.1. The molecule has 0 bridgehead atoms. The maximum Gasteiger partial charge on any atom is 0.162 e. The van der Waals surface area contributed by atoms with Gasteiger partial charge in [0.15, 0.2) is 5.78 Å². The monoisotopic (exact) mass is 100 g/mol. The SMILES string of the molecule is C=C[C@@H](O)C(C)=O. The Balaban J connectivity index is 3.55. The standard InChI is InChI=1S/C5H8O2/c1-3-5(7)4(2)6/h3,5,7H,1H2,2H3/t5-/m1/s1. The van der Waals surface area contributed by atoms with E-state index in [1.165, 1.54) is 13.0 Å². The molecule has 7 heavy (non-hydrogen) atoms. The third kappa shape index (κ3) is 2.11. The maximum atomic E-state index is 10.1. The number of aliphatic hydroxyl groups excluding tert-OH is 1. The zero-order chi connectivity index (χ0) is 5.86. The van der Waals surface area contributed by atoms with E-state index < -0.39 is 6.10 Å². The first-order valence-corrected chi connectivity index (χ1v) is 1.99. The van der Waals surface area contributed by atoms with Crippen molar-refractivity contribution in [3.63, 3.8) is 0 Å². The van der Waals surface area contributed by atoms with Gasteiger partial charge in [-0.2, -0.15) is 0 Å². The molecule has 0 heterocycles. The summed E-state index contributed by atoms with van der Waals surface area (Å²) in [5.41, 5.74) is 0. The minimum absolute atomic E-state index is 0.269. The Morgan fingerprint density at radius 1 is 2.00 bits per heavy atom. The molecule has 0 spiro atoms. The minimum atomic E-state index is -0.972. The molecule has 2 heteroatoms. The number of carbonyl (C=O) groups is 1. The lowest BCUT2D eigenvalue weighted by Crippen LogP contribution is -2.12. The second-order valence-electron chi connectivity index (χ2n) is 1.29. The van der Waals surface area contributed by atoms with E-state index in [9.17, 15) is 4.79 Å². The first-order valence-electron chi connectivity index (χ1n) is 1.99.